The van der Waals surface area contributed by atoms with Crippen molar-refractivity contribution in [1.29, 1.82) is 0 Å². The van der Waals surface area contributed by atoms with Crippen molar-refractivity contribution in [3.63, 3.8) is 0 Å². The van der Waals surface area contributed by atoms with E-state index in [0.717, 1.165) is 11.3 Å². The average Bonchev–Trinajstić information content (AvgIpc) is 2.92. The molecule has 1 aliphatic carbocycles. The van der Waals surface area contributed by atoms with Crippen LogP contribution in [0, 0.1) is 0 Å². The molecule has 1 saturated heterocycles. The molecule has 4 nitrogen and oxygen atoms in total. The summed E-state index contributed by atoms with van der Waals surface area (Å²) in [7, 11) is 1.66. The van der Waals surface area contributed by atoms with E-state index in [9.17, 15) is 0 Å². The van der Waals surface area contributed by atoms with Gasteiger partial charge in [0.2, 0.25) is 0 Å². The summed E-state index contributed by atoms with van der Waals surface area (Å²) in [6.07, 6.45) is 3.96. The third-order valence-electron chi connectivity index (χ3n) is 3.58. The van der Waals surface area contributed by atoms with Crippen LogP contribution in [-0.2, 0) is 20.8 Å². The Morgan fingerprint density at radius 2 is 1.85 bits per heavy atom. The lowest BCUT2D eigenvalue weighted by Gasteiger charge is -2.21. The topological polar surface area (TPSA) is 36.9 Å². The minimum absolute atomic E-state index is 0.00543. The molecule has 3 rings (SSSR count). The number of benzene rings is 1. The number of rotatable bonds is 4. The van der Waals surface area contributed by atoms with Gasteiger partial charge in [0.25, 0.3) is 0 Å². The Hall–Kier alpha value is -1.36. The summed E-state index contributed by atoms with van der Waals surface area (Å²) < 4.78 is 22.7. The molecule has 0 aromatic heterocycles. The van der Waals surface area contributed by atoms with Gasteiger partial charge in [0.15, 0.2) is 5.79 Å². The first kappa shape index (κ1) is 13.6. The van der Waals surface area contributed by atoms with Crippen LogP contribution in [0.2, 0.25) is 0 Å². The lowest BCUT2D eigenvalue weighted by molar-refractivity contribution is -0.156. The summed E-state index contributed by atoms with van der Waals surface area (Å²) in [5.41, 5.74) is 1.11. The molecule has 3 atom stereocenters. The van der Waals surface area contributed by atoms with Gasteiger partial charge in [-0.05, 0) is 31.5 Å². The summed E-state index contributed by atoms with van der Waals surface area (Å²) in [4.78, 5) is 0. The molecule has 0 amide bonds. The highest BCUT2D eigenvalue weighted by Crippen LogP contribution is 2.35. The van der Waals surface area contributed by atoms with E-state index < -0.39 is 5.79 Å². The number of ether oxygens (including phenoxy) is 4. The minimum atomic E-state index is -0.526. The summed E-state index contributed by atoms with van der Waals surface area (Å²) in [5.74, 6) is 0.325. The van der Waals surface area contributed by atoms with E-state index in [1.807, 2.05) is 50.3 Å². The first-order chi connectivity index (χ1) is 9.57. The van der Waals surface area contributed by atoms with E-state index in [1.165, 1.54) is 0 Å². The van der Waals surface area contributed by atoms with E-state index >= 15 is 0 Å². The highest BCUT2D eigenvalue weighted by molar-refractivity contribution is 5.26. The van der Waals surface area contributed by atoms with E-state index in [2.05, 4.69) is 0 Å². The Balaban J connectivity index is 1.57. The monoisotopic (exact) mass is 276 g/mol. The maximum Gasteiger partial charge on any atom is 0.164 e. The Labute approximate surface area is 119 Å². The van der Waals surface area contributed by atoms with Crippen LogP contribution in [0.3, 0.4) is 0 Å². The van der Waals surface area contributed by atoms with Crippen LogP contribution in [-0.4, -0.2) is 31.2 Å². The van der Waals surface area contributed by atoms with E-state index in [4.69, 9.17) is 18.9 Å². The largest absolute Gasteiger partial charge is 0.497 e. The van der Waals surface area contributed by atoms with Crippen molar-refractivity contribution in [3.05, 3.63) is 42.0 Å². The quantitative estimate of drug-likeness (QED) is 0.792. The summed E-state index contributed by atoms with van der Waals surface area (Å²) in [5, 5.41) is 0. The molecule has 0 radical (unpaired) electrons. The molecule has 4 heteroatoms. The Morgan fingerprint density at radius 1 is 1.10 bits per heavy atom. The zero-order valence-electron chi connectivity index (χ0n) is 12.0. The number of fused-ring (bicyclic) bond motifs is 1. The number of hydrogen-bond donors (Lipinski definition) is 0. The Morgan fingerprint density at radius 3 is 2.55 bits per heavy atom. The second-order valence-corrected chi connectivity index (χ2v) is 5.57. The first-order valence-corrected chi connectivity index (χ1v) is 6.86. The molecule has 1 aromatic rings. The predicted molar refractivity (Wildman–Crippen MR) is 74.5 cm³/mol. The molecule has 0 unspecified atom stereocenters. The van der Waals surface area contributed by atoms with Crippen LogP contribution in [0.5, 0.6) is 5.75 Å². The van der Waals surface area contributed by atoms with Crippen molar-refractivity contribution in [2.24, 2.45) is 0 Å². The summed E-state index contributed by atoms with van der Waals surface area (Å²) >= 11 is 0. The van der Waals surface area contributed by atoms with Gasteiger partial charge in [-0.15, -0.1) is 0 Å². The Bertz CT molecular complexity index is 492. The average molecular weight is 276 g/mol. The van der Waals surface area contributed by atoms with Gasteiger partial charge in [-0.25, -0.2) is 0 Å². The van der Waals surface area contributed by atoms with Crippen LogP contribution < -0.4 is 4.74 Å². The molecule has 0 N–H and O–H groups in total. The summed E-state index contributed by atoms with van der Waals surface area (Å²) in [6, 6.07) is 7.88. The molecule has 108 valence electrons. The molecule has 1 aliphatic heterocycles. The predicted octanol–water partition coefficient (Wildman–Crippen LogP) is 2.67. The first-order valence-electron chi connectivity index (χ1n) is 6.86. The molecule has 20 heavy (non-hydrogen) atoms. The van der Waals surface area contributed by atoms with E-state index in [1.54, 1.807) is 7.11 Å². The van der Waals surface area contributed by atoms with Gasteiger partial charge < -0.3 is 18.9 Å². The standard InChI is InChI=1S/C16H20O4/c1-16(2)19-14-9-8-13(15(14)20-16)18-10-11-4-6-12(17-3)7-5-11/h4-9,13-15H,10H2,1-3H3/t13-,14-,15+/m0/s1. The highest BCUT2D eigenvalue weighted by Gasteiger charge is 2.46. The molecule has 1 aromatic carbocycles. The van der Waals surface area contributed by atoms with Gasteiger partial charge in [0.05, 0.1) is 13.7 Å². The van der Waals surface area contributed by atoms with Gasteiger partial charge in [-0.1, -0.05) is 24.3 Å². The zero-order chi connectivity index (χ0) is 14.2. The normalized spacial score (nSPS) is 30.4. The van der Waals surface area contributed by atoms with Crippen molar-refractivity contribution < 1.29 is 18.9 Å². The molecule has 1 fully saturated rings. The fourth-order valence-corrected chi connectivity index (χ4v) is 2.61. The van der Waals surface area contributed by atoms with Crippen molar-refractivity contribution in [3.8, 4) is 5.75 Å². The number of hydrogen-bond acceptors (Lipinski definition) is 4. The smallest absolute Gasteiger partial charge is 0.164 e. The maximum atomic E-state index is 5.94. The van der Waals surface area contributed by atoms with Gasteiger partial charge in [-0.2, -0.15) is 0 Å². The van der Waals surface area contributed by atoms with Gasteiger partial charge in [0.1, 0.15) is 24.1 Å². The van der Waals surface area contributed by atoms with Crippen LogP contribution in [0.1, 0.15) is 19.4 Å². The van der Waals surface area contributed by atoms with Crippen LogP contribution in [0.25, 0.3) is 0 Å². The Kier molecular flexibility index (Phi) is 3.54. The number of methoxy groups -OCH3 is 1. The third kappa shape index (κ3) is 2.73. The molecule has 2 aliphatic rings. The van der Waals surface area contributed by atoms with E-state index in [-0.39, 0.29) is 18.3 Å². The second kappa shape index (κ2) is 5.20. The molecular weight excluding hydrogens is 256 g/mol. The third-order valence-corrected chi connectivity index (χ3v) is 3.58. The lowest BCUT2D eigenvalue weighted by Crippen LogP contribution is -2.31. The maximum absolute atomic E-state index is 5.94. The fourth-order valence-electron chi connectivity index (χ4n) is 2.61. The van der Waals surface area contributed by atoms with Crippen LogP contribution in [0.4, 0.5) is 0 Å². The van der Waals surface area contributed by atoms with Crippen molar-refractivity contribution in [2.75, 3.05) is 7.11 Å². The molecule has 0 saturated carbocycles. The van der Waals surface area contributed by atoms with Crippen LogP contribution >= 0.6 is 0 Å². The lowest BCUT2D eigenvalue weighted by atomic mass is 10.2. The zero-order valence-corrected chi connectivity index (χ0v) is 12.0. The molecular formula is C16H20O4. The second-order valence-electron chi connectivity index (χ2n) is 5.57. The van der Waals surface area contributed by atoms with E-state index in [0.29, 0.717) is 6.61 Å². The van der Waals surface area contributed by atoms with Crippen LogP contribution in [0.15, 0.2) is 36.4 Å². The van der Waals surface area contributed by atoms with Crippen molar-refractivity contribution in [1.82, 2.24) is 0 Å². The SMILES string of the molecule is COc1ccc(CO[C@H]2C=C[C@@H]3OC(C)(C)O[C@H]23)cc1. The molecule has 1 heterocycles. The van der Waals surface area contributed by atoms with Gasteiger partial charge in [0, 0.05) is 0 Å². The molecule has 0 spiro atoms. The highest BCUT2D eigenvalue weighted by atomic mass is 16.8. The fraction of sp³-hybridized carbons (Fsp3) is 0.500. The van der Waals surface area contributed by atoms with Gasteiger partial charge in [-0.3, -0.25) is 0 Å². The molecule has 0 bridgehead atoms. The minimum Gasteiger partial charge on any atom is -0.497 e. The van der Waals surface area contributed by atoms with Crippen molar-refractivity contribution >= 4 is 0 Å². The summed E-state index contributed by atoms with van der Waals surface area (Å²) in [6.45, 7) is 4.41. The van der Waals surface area contributed by atoms with Gasteiger partial charge >= 0.3 is 0 Å². The van der Waals surface area contributed by atoms with Crippen molar-refractivity contribution in [2.45, 2.75) is 44.6 Å².